The highest BCUT2D eigenvalue weighted by molar-refractivity contribution is 6.78. The Bertz CT molecular complexity index is 1040. The summed E-state index contributed by atoms with van der Waals surface area (Å²) < 4.78 is 8.05. The molecule has 0 amide bonds. The number of hydrogen-bond acceptors (Lipinski definition) is 5. The van der Waals surface area contributed by atoms with Crippen molar-refractivity contribution in [3.8, 4) is 0 Å². The van der Waals surface area contributed by atoms with Gasteiger partial charge in [0.2, 0.25) is 5.95 Å². The van der Waals surface area contributed by atoms with Gasteiger partial charge in [-0.05, 0) is 18.6 Å². The van der Waals surface area contributed by atoms with Crippen molar-refractivity contribution in [2.75, 3.05) is 5.32 Å². The normalized spacial score (nSPS) is 12.0. The zero-order valence-corrected chi connectivity index (χ0v) is 18.0. The lowest BCUT2D eigenvalue weighted by Crippen LogP contribution is -2.39. The van der Waals surface area contributed by atoms with Crippen LogP contribution in [-0.4, -0.2) is 27.2 Å². The molecule has 0 radical (unpaired) electrons. The summed E-state index contributed by atoms with van der Waals surface area (Å²) in [5.41, 5.74) is 0.0653. The molecule has 2 N–H and O–H groups in total. The zero-order chi connectivity index (χ0) is 20.3. The highest BCUT2D eigenvalue weighted by Gasteiger charge is 2.22. The number of anilines is 1. The molecule has 0 spiro atoms. The molecule has 9 heteroatoms. The summed E-state index contributed by atoms with van der Waals surface area (Å²) in [6.07, 6.45) is 2.45. The molecule has 0 fully saturated rings. The van der Waals surface area contributed by atoms with Gasteiger partial charge in [-0.1, -0.05) is 38.5 Å². The van der Waals surface area contributed by atoms with E-state index in [1.54, 1.807) is 13.3 Å². The van der Waals surface area contributed by atoms with Gasteiger partial charge in [-0.15, -0.1) is 0 Å². The van der Waals surface area contributed by atoms with Gasteiger partial charge in [0.15, 0.2) is 11.2 Å². The van der Waals surface area contributed by atoms with Gasteiger partial charge in [-0.25, -0.2) is 4.79 Å². The molecule has 0 aromatic carbocycles. The number of nitrogens with one attached hydrogen (secondary N) is 2. The second kappa shape index (κ2) is 8.22. The second-order valence-electron chi connectivity index (χ2n) is 7.64. The van der Waals surface area contributed by atoms with Crippen LogP contribution in [0.1, 0.15) is 26.0 Å². The lowest BCUT2D eigenvalue weighted by Gasteiger charge is -2.24. The van der Waals surface area contributed by atoms with E-state index in [1.807, 2.05) is 12.1 Å². The predicted molar refractivity (Wildman–Crippen MR) is 114 cm³/mol. The maximum atomic E-state index is 12.9. The number of hydrogen-bond donors (Lipinski definition) is 2. The van der Waals surface area contributed by atoms with E-state index >= 15 is 0 Å². The molecule has 28 heavy (non-hydrogen) atoms. The minimum atomic E-state index is -1.25. The Labute approximate surface area is 164 Å². The van der Waals surface area contributed by atoms with E-state index in [1.165, 1.54) is 21.2 Å². The molecule has 3 aromatic rings. The van der Waals surface area contributed by atoms with Crippen molar-refractivity contribution in [3.05, 3.63) is 45.0 Å². The summed E-state index contributed by atoms with van der Waals surface area (Å²) in [7, 11) is 0.398. The van der Waals surface area contributed by atoms with Crippen molar-refractivity contribution in [1.29, 1.82) is 0 Å². The first-order chi connectivity index (χ1) is 13.4. The number of fused-ring (bicyclic) bond motifs is 1. The number of aryl methyl sites for hydroxylation is 1. The Balaban J connectivity index is 1.84. The summed E-state index contributed by atoms with van der Waals surface area (Å²) in [4.78, 5) is 33.0. The van der Waals surface area contributed by atoms with Crippen LogP contribution in [0, 0.1) is 0 Å². The van der Waals surface area contributed by atoms with Crippen molar-refractivity contribution >= 4 is 25.2 Å². The van der Waals surface area contributed by atoms with Gasteiger partial charge in [0.1, 0.15) is 5.76 Å². The molecule has 0 unspecified atom stereocenters. The largest absolute Gasteiger partial charge is 0.467 e. The second-order valence-corrected chi connectivity index (χ2v) is 13.2. The topological polar surface area (TPSA) is 97.8 Å². The fourth-order valence-corrected chi connectivity index (χ4v) is 5.60. The Kier molecular flexibility index (Phi) is 5.92. The van der Waals surface area contributed by atoms with Crippen molar-refractivity contribution in [3.63, 3.8) is 0 Å². The third-order valence-electron chi connectivity index (χ3n) is 5.86. The SMILES string of the molecule is CC[Si](C)(CC)CCCn1c(=O)c2[nH]c(NCc3ccco3)nc2n(C)c1=O. The highest BCUT2D eigenvalue weighted by atomic mass is 28.3. The fraction of sp³-hybridized carbons (Fsp3) is 0.526. The van der Waals surface area contributed by atoms with Crippen LogP contribution < -0.4 is 16.6 Å². The first-order valence-corrected chi connectivity index (χ1v) is 13.0. The maximum Gasteiger partial charge on any atom is 0.332 e. The Morgan fingerprint density at radius 3 is 2.68 bits per heavy atom. The number of imidazole rings is 1. The number of furan rings is 1. The highest BCUT2D eigenvalue weighted by Crippen LogP contribution is 2.22. The average Bonchev–Trinajstić information content (AvgIpc) is 3.37. The number of rotatable bonds is 9. The zero-order valence-electron chi connectivity index (χ0n) is 17.0. The molecule has 0 saturated carbocycles. The van der Waals surface area contributed by atoms with E-state index in [9.17, 15) is 9.59 Å². The molecule has 8 nitrogen and oxygen atoms in total. The maximum absolute atomic E-state index is 12.9. The van der Waals surface area contributed by atoms with Crippen LogP contribution in [0.4, 0.5) is 5.95 Å². The van der Waals surface area contributed by atoms with Gasteiger partial charge in [0.05, 0.1) is 12.8 Å². The lowest BCUT2D eigenvalue weighted by atomic mass is 10.4. The Morgan fingerprint density at radius 2 is 2.04 bits per heavy atom. The van der Waals surface area contributed by atoms with Crippen LogP contribution >= 0.6 is 0 Å². The number of aromatic nitrogens is 4. The Hall–Kier alpha value is -2.55. The minimum Gasteiger partial charge on any atom is -0.467 e. The summed E-state index contributed by atoms with van der Waals surface area (Å²) in [5.74, 6) is 1.19. The van der Waals surface area contributed by atoms with Crippen molar-refractivity contribution < 1.29 is 4.42 Å². The third kappa shape index (κ3) is 3.99. The van der Waals surface area contributed by atoms with Gasteiger partial charge in [-0.3, -0.25) is 13.9 Å². The monoisotopic (exact) mass is 403 g/mol. The van der Waals surface area contributed by atoms with E-state index in [4.69, 9.17) is 4.42 Å². The summed E-state index contributed by atoms with van der Waals surface area (Å²) >= 11 is 0. The quantitative estimate of drug-likeness (QED) is 0.535. The lowest BCUT2D eigenvalue weighted by molar-refractivity contribution is 0.517. The average molecular weight is 404 g/mol. The number of nitrogens with zero attached hydrogens (tertiary/aromatic N) is 3. The summed E-state index contributed by atoms with van der Waals surface area (Å²) in [6, 6.07) is 7.22. The predicted octanol–water partition coefficient (Wildman–Crippen LogP) is 3.14. The number of H-pyrrole nitrogens is 1. The van der Waals surface area contributed by atoms with Gasteiger partial charge >= 0.3 is 5.69 Å². The molecule has 0 saturated heterocycles. The van der Waals surface area contributed by atoms with Gasteiger partial charge < -0.3 is 14.7 Å². The van der Waals surface area contributed by atoms with E-state index in [0.29, 0.717) is 30.2 Å². The standard InChI is InChI=1S/C19H29N5O3Si/c1-5-28(4,6-2)12-8-10-24-17(25)15-16(23(3)19(24)26)22-18(21-15)20-13-14-9-7-11-27-14/h7,9,11H,5-6,8,10,12-13H2,1-4H3,(H2,20,21,22). The van der Waals surface area contributed by atoms with Crippen LogP contribution in [0.3, 0.4) is 0 Å². The summed E-state index contributed by atoms with van der Waals surface area (Å²) in [5, 5.41) is 3.09. The van der Waals surface area contributed by atoms with E-state index in [-0.39, 0.29) is 11.2 Å². The van der Waals surface area contributed by atoms with Gasteiger partial charge in [-0.2, -0.15) is 4.98 Å². The van der Waals surface area contributed by atoms with Gasteiger partial charge in [0, 0.05) is 21.7 Å². The molecule has 0 aliphatic carbocycles. The molecule has 152 valence electrons. The third-order valence-corrected chi connectivity index (χ3v) is 10.8. The molecule has 3 rings (SSSR count). The Morgan fingerprint density at radius 1 is 1.29 bits per heavy atom. The summed E-state index contributed by atoms with van der Waals surface area (Å²) in [6.45, 7) is 7.76. The van der Waals surface area contributed by atoms with Crippen LogP contribution in [0.5, 0.6) is 0 Å². The van der Waals surface area contributed by atoms with Crippen LogP contribution in [-0.2, 0) is 20.1 Å². The van der Waals surface area contributed by atoms with E-state index < -0.39 is 8.07 Å². The molecular weight excluding hydrogens is 374 g/mol. The molecule has 3 heterocycles. The van der Waals surface area contributed by atoms with Crippen LogP contribution in [0.25, 0.3) is 11.2 Å². The molecule has 3 aromatic heterocycles. The molecule has 0 atom stereocenters. The fourth-order valence-electron chi connectivity index (χ4n) is 3.38. The minimum absolute atomic E-state index is 0.312. The first kappa shape index (κ1) is 20.2. The molecule has 0 bridgehead atoms. The van der Waals surface area contributed by atoms with Crippen molar-refractivity contribution in [1.82, 2.24) is 19.1 Å². The number of aromatic amines is 1. The molecule has 0 aliphatic heterocycles. The molecular formula is C19H29N5O3Si. The van der Waals surface area contributed by atoms with E-state index in [2.05, 4.69) is 35.7 Å². The van der Waals surface area contributed by atoms with Crippen LogP contribution in [0.2, 0.25) is 24.7 Å². The van der Waals surface area contributed by atoms with Crippen molar-refractivity contribution in [2.24, 2.45) is 7.05 Å². The van der Waals surface area contributed by atoms with Crippen molar-refractivity contribution in [2.45, 2.75) is 58.0 Å². The smallest absolute Gasteiger partial charge is 0.332 e. The van der Waals surface area contributed by atoms with Crippen LogP contribution in [0.15, 0.2) is 32.4 Å². The molecule has 0 aliphatic rings. The first-order valence-electron chi connectivity index (χ1n) is 9.84. The van der Waals surface area contributed by atoms with E-state index in [0.717, 1.165) is 18.2 Å². The van der Waals surface area contributed by atoms with Gasteiger partial charge in [0.25, 0.3) is 5.56 Å².